The van der Waals surface area contributed by atoms with Crippen molar-refractivity contribution in [1.29, 1.82) is 0 Å². The number of likely N-dealkylation sites (tertiary alicyclic amines) is 1. The minimum Gasteiger partial charge on any atom is -0.490 e. The molecule has 90 valence electrons. The van der Waals surface area contributed by atoms with E-state index in [-0.39, 0.29) is 17.3 Å². The molecule has 0 spiro atoms. The molecule has 0 atom stereocenters. The van der Waals surface area contributed by atoms with Gasteiger partial charge in [-0.25, -0.2) is 0 Å². The van der Waals surface area contributed by atoms with Crippen molar-refractivity contribution in [1.82, 2.24) is 4.90 Å². The Hall–Kier alpha value is -2.11. The van der Waals surface area contributed by atoms with Gasteiger partial charge in [0.05, 0.1) is 12.0 Å². The maximum absolute atomic E-state index is 11.9. The van der Waals surface area contributed by atoms with Crippen molar-refractivity contribution in [3.63, 3.8) is 0 Å². The van der Waals surface area contributed by atoms with Crippen LogP contribution < -0.4 is 4.74 Å². The molecule has 0 radical (unpaired) electrons. The van der Waals surface area contributed by atoms with Crippen molar-refractivity contribution in [3.05, 3.63) is 33.9 Å². The summed E-state index contributed by atoms with van der Waals surface area (Å²) in [5.41, 5.74) is 0.291. The molecule has 0 aromatic heterocycles. The number of nitrogens with zero attached hydrogens (tertiary/aromatic N) is 2. The summed E-state index contributed by atoms with van der Waals surface area (Å²) in [5, 5.41) is 10.7. The summed E-state index contributed by atoms with van der Waals surface area (Å²) in [6.07, 6.45) is 1.01. The Kier molecular flexibility index (Phi) is 2.95. The van der Waals surface area contributed by atoms with Crippen LogP contribution in [0.4, 0.5) is 5.69 Å². The van der Waals surface area contributed by atoms with Crippen LogP contribution in [0, 0.1) is 10.1 Å². The Morgan fingerprint density at radius 2 is 2.18 bits per heavy atom. The minimum absolute atomic E-state index is 0.107. The van der Waals surface area contributed by atoms with Crippen LogP contribution in [0.3, 0.4) is 0 Å². The Morgan fingerprint density at radius 1 is 1.47 bits per heavy atom. The molecular weight excluding hydrogens is 224 g/mol. The Balaban J connectivity index is 2.30. The zero-order valence-electron chi connectivity index (χ0n) is 9.38. The number of nitro benzene ring substituents is 1. The molecule has 1 heterocycles. The van der Waals surface area contributed by atoms with E-state index in [1.165, 1.54) is 25.3 Å². The van der Waals surface area contributed by atoms with Crippen LogP contribution in [0.2, 0.25) is 0 Å². The lowest BCUT2D eigenvalue weighted by atomic mass is 10.1. The molecular formula is C11H12N2O4. The summed E-state index contributed by atoms with van der Waals surface area (Å²) >= 11 is 0. The molecule has 0 bridgehead atoms. The topological polar surface area (TPSA) is 72.7 Å². The summed E-state index contributed by atoms with van der Waals surface area (Å²) in [4.78, 5) is 23.7. The number of amides is 1. The third kappa shape index (κ3) is 2.06. The van der Waals surface area contributed by atoms with E-state index in [9.17, 15) is 14.9 Å². The molecule has 1 aromatic rings. The average molecular weight is 236 g/mol. The van der Waals surface area contributed by atoms with E-state index in [1.807, 2.05) is 0 Å². The molecule has 2 rings (SSSR count). The molecule has 1 saturated heterocycles. The standard InChI is InChI=1S/C11H12N2O4/c1-17-10-7-8(3-4-9(10)13(15)16)11(14)12-5-2-6-12/h3-4,7H,2,5-6H2,1H3. The van der Waals surface area contributed by atoms with Gasteiger partial charge in [0, 0.05) is 30.8 Å². The summed E-state index contributed by atoms with van der Waals surface area (Å²) in [6.45, 7) is 1.50. The fourth-order valence-electron chi connectivity index (χ4n) is 1.66. The van der Waals surface area contributed by atoms with Crippen molar-refractivity contribution in [2.24, 2.45) is 0 Å². The predicted molar refractivity (Wildman–Crippen MR) is 60.2 cm³/mol. The summed E-state index contributed by atoms with van der Waals surface area (Å²) in [7, 11) is 1.35. The van der Waals surface area contributed by atoms with Crippen LogP contribution in [-0.4, -0.2) is 35.9 Å². The quantitative estimate of drug-likeness (QED) is 0.588. The van der Waals surface area contributed by atoms with Gasteiger partial charge in [-0.15, -0.1) is 0 Å². The molecule has 0 N–H and O–H groups in total. The second-order valence-electron chi connectivity index (χ2n) is 3.79. The number of hydrogen-bond donors (Lipinski definition) is 0. The van der Waals surface area contributed by atoms with E-state index in [2.05, 4.69) is 0 Å². The van der Waals surface area contributed by atoms with Crippen molar-refractivity contribution >= 4 is 11.6 Å². The van der Waals surface area contributed by atoms with E-state index in [4.69, 9.17) is 4.74 Å². The first-order chi connectivity index (χ1) is 8.13. The number of ether oxygens (including phenoxy) is 1. The van der Waals surface area contributed by atoms with E-state index < -0.39 is 4.92 Å². The van der Waals surface area contributed by atoms with E-state index in [0.717, 1.165) is 19.5 Å². The zero-order chi connectivity index (χ0) is 12.4. The second-order valence-corrected chi connectivity index (χ2v) is 3.79. The Labute approximate surface area is 97.9 Å². The Bertz CT molecular complexity index is 469. The number of hydrogen-bond acceptors (Lipinski definition) is 4. The van der Waals surface area contributed by atoms with Crippen molar-refractivity contribution < 1.29 is 14.5 Å². The van der Waals surface area contributed by atoms with Gasteiger partial charge in [-0.05, 0) is 12.5 Å². The van der Waals surface area contributed by atoms with Gasteiger partial charge in [-0.2, -0.15) is 0 Å². The predicted octanol–water partition coefficient (Wildman–Crippen LogP) is 1.45. The van der Waals surface area contributed by atoms with Crippen LogP contribution in [0.15, 0.2) is 18.2 Å². The normalized spacial score (nSPS) is 14.1. The van der Waals surface area contributed by atoms with Gasteiger partial charge in [-0.1, -0.05) is 0 Å². The van der Waals surface area contributed by atoms with Gasteiger partial charge in [0.25, 0.3) is 5.91 Å². The van der Waals surface area contributed by atoms with Gasteiger partial charge < -0.3 is 9.64 Å². The highest BCUT2D eigenvalue weighted by Gasteiger charge is 2.24. The fourth-order valence-corrected chi connectivity index (χ4v) is 1.66. The number of methoxy groups -OCH3 is 1. The third-order valence-corrected chi connectivity index (χ3v) is 2.77. The van der Waals surface area contributed by atoms with Crippen LogP contribution in [-0.2, 0) is 0 Å². The number of rotatable bonds is 3. The molecule has 6 heteroatoms. The molecule has 1 fully saturated rings. The lowest BCUT2D eigenvalue weighted by molar-refractivity contribution is -0.385. The lowest BCUT2D eigenvalue weighted by Crippen LogP contribution is -2.42. The van der Waals surface area contributed by atoms with Crippen LogP contribution in [0.25, 0.3) is 0 Å². The van der Waals surface area contributed by atoms with Gasteiger partial charge >= 0.3 is 5.69 Å². The highest BCUT2D eigenvalue weighted by molar-refractivity contribution is 5.95. The second kappa shape index (κ2) is 4.40. The van der Waals surface area contributed by atoms with Crippen molar-refractivity contribution in [3.8, 4) is 5.75 Å². The first-order valence-corrected chi connectivity index (χ1v) is 5.25. The minimum atomic E-state index is -0.531. The third-order valence-electron chi connectivity index (χ3n) is 2.77. The molecule has 1 aromatic carbocycles. The Morgan fingerprint density at radius 3 is 2.65 bits per heavy atom. The largest absolute Gasteiger partial charge is 0.490 e. The van der Waals surface area contributed by atoms with Crippen LogP contribution in [0.5, 0.6) is 5.75 Å². The first kappa shape index (κ1) is 11.4. The maximum Gasteiger partial charge on any atom is 0.310 e. The molecule has 6 nitrogen and oxygen atoms in total. The molecule has 1 aliphatic heterocycles. The summed E-state index contributed by atoms with van der Waals surface area (Å²) in [5.74, 6) is 0.00539. The first-order valence-electron chi connectivity index (χ1n) is 5.25. The summed E-state index contributed by atoms with van der Waals surface area (Å²) < 4.78 is 4.92. The van der Waals surface area contributed by atoms with Gasteiger partial charge in [0.2, 0.25) is 0 Å². The van der Waals surface area contributed by atoms with E-state index in [0.29, 0.717) is 5.56 Å². The highest BCUT2D eigenvalue weighted by atomic mass is 16.6. The smallest absolute Gasteiger partial charge is 0.310 e. The van der Waals surface area contributed by atoms with Gasteiger partial charge in [-0.3, -0.25) is 14.9 Å². The molecule has 0 saturated carbocycles. The average Bonchev–Trinajstić information content (AvgIpc) is 2.25. The van der Waals surface area contributed by atoms with E-state index in [1.54, 1.807) is 4.90 Å². The molecule has 1 amide bonds. The highest BCUT2D eigenvalue weighted by Crippen LogP contribution is 2.28. The lowest BCUT2D eigenvalue weighted by Gasteiger charge is -2.30. The van der Waals surface area contributed by atoms with E-state index >= 15 is 0 Å². The SMILES string of the molecule is COc1cc(C(=O)N2CCC2)ccc1[N+](=O)[O-]. The van der Waals surface area contributed by atoms with Crippen molar-refractivity contribution in [2.45, 2.75) is 6.42 Å². The van der Waals surface area contributed by atoms with Gasteiger partial charge in [0.1, 0.15) is 0 Å². The fraction of sp³-hybridized carbons (Fsp3) is 0.364. The molecule has 1 aliphatic rings. The number of carbonyl (C=O) groups excluding carboxylic acids is 1. The number of carbonyl (C=O) groups is 1. The molecule has 0 unspecified atom stereocenters. The number of nitro groups is 1. The van der Waals surface area contributed by atoms with Crippen LogP contribution in [0.1, 0.15) is 16.8 Å². The molecule has 17 heavy (non-hydrogen) atoms. The number of benzene rings is 1. The van der Waals surface area contributed by atoms with Crippen molar-refractivity contribution in [2.75, 3.05) is 20.2 Å². The molecule has 0 aliphatic carbocycles. The van der Waals surface area contributed by atoms with Gasteiger partial charge in [0.15, 0.2) is 5.75 Å². The monoisotopic (exact) mass is 236 g/mol. The summed E-state index contributed by atoms with van der Waals surface area (Å²) in [6, 6.07) is 4.17. The maximum atomic E-state index is 11.9. The van der Waals surface area contributed by atoms with Crippen LogP contribution >= 0.6 is 0 Å². The zero-order valence-corrected chi connectivity index (χ0v) is 9.38.